The molecule has 0 radical (unpaired) electrons. The predicted molar refractivity (Wildman–Crippen MR) is 84.5 cm³/mol. The molecule has 1 aliphatic heterocycles. The third kappa shape index (κ3) is 2.38. The quantitative estimate of drug-likeness (QED) is 0.844. The molecule has 2 heterocycles. The first kappa shape index (κ1) is 12.7. The zero-order valence-electron chi connectivity index (χ0n) is 12.2. The van der Waals surface area contributed by atoms with Crippen LogP contribution in [0.3, 0.4) is 0 Å². The molecule has 2 aromatic rings. The van der Waals surface area contributed by atoms with Gasteiger partial charge in [-0.05, 0) is 43.0 Å². The second-order valence-electron chi connectivity index (χ2n) is 6.21. The Morgan fingerprint density at radius 2 is 1.71 bits per heavy atom. The molecule has 0 saturated carbocycles. The maximum Gasteiger partial charge on any atom is 0.0930 e. The lowest BCUT2D eigenvalue weighted by molar-refractivity contribution is 0.395. The van der Waals surface area contributed by atoms with E-state index in [9.17, 15) is 0 Å². The molecular weight excluding hydrogens is 258 g/mol. The summed E-state index contributed by atoms with van der Waals surface area (Å²) < 4.78 is 0. The first-order valence-corrected chi connectivity index (χ1v) is 7.58. The van der Waals surface area contributed by atoms with Crippen LogP contribution >= 0.6 is 0 Å². The van der Waals surface area contributed by atoms with Gasteiger partial charge in [-0.25, -0.2) is 0 Å². The SMILES string of the molecule is CN1C[C@@H]2CC(c3ccc(-c4ccccc4)nn3)=C[C@@H]2C1. The summed E-state index contributed by atoms with van der Waals surface area (Å²) >= 11 is 0. The minimum Gasteiger partial charge on any atom is -0.305 e. The van der Waals surface area contributed by atoms with Gasteiger partial charge in [-0.2, -0.15) is 5.10 Å². The van der Waals surface area contributed by atoms with Crippen molar-refractivity contribution in [1.82, 2.24) is 15.1 Å². The lowest BCUT2D eigenvalue weighted by atomic mass is 9.99. The molecular formula is C18H19N3. The molecule has 2 aliphatic rings. The van der Waals surface area contributed by atoms with Gasteiger partial charge in [0.1, 0.15) is 0 Å². The Hall–Kier alpha value is -2.00. The molecule has 21 heavy (non-hydrogen) atoms. The van der Waals surface area contributed by atoms with Crippen LogP contribution in [0, 0.1) is 11.8 Å². The molecule has 1 aliphatic carbocycles. The molecule has 0 unspecified atom stereocenters. The van der Waals surface area contributed by atoms with Gasteiger partial charge in [0.05, 0.1) is 11.4 Å². The van der Waals surface area contributed by atoms with Crippen LogP contribution in [0.1, 0.15) is 12.1 Å². The molecule has 4 rings (SSSR count). The van der Waals surface area contributed by atoms with E-state index in [1.165, 1.54) is 18.7 Å². The Kier molecular flexibility index (Phi) is 3.08. The first-order valence-electron chi connectivity index (χ1n) is 7.58. The van der Waals surface area contributed by atoms with Crippen LogP contribution in [0.25, 0.3) is 16.8 Å². The third-order valence-corrected chi connectivity index (χ3v) is 4.63. The summed E-state index contributed by atoms with van der Waals surface area (Å²) in [7, 11) is 2.21. The van der Waals surface area contributed by atoms with Crippen molar-refractivity contribution in [3.05, 3.63) is 54.2 Å². The van der Waals surface area contributed by atoms with Crippen molar-refractivity contribution in [2.75, 3.05) is 20.1 Å². The highest BCUT2D eigenvalue weighted by Gasteiger charge is 2.35. The van der Waals surface area contributed by atoms with Crippen molar-refractivity contribution in [3.63, 3.8) is 0 Å². The van der Waals surface area contributed by atoms with Crippen LogP contribution in [-0.2, 0) is 0 Å². The Morgan fingerprint density at radius 1 is 0.952 bits per heavy atom. The van der Waals surface area contributed by atoms with E-state index in [0.717, 1.165) is 29.3 Å². The number of hydrogen-bond donors (Lipinski definition) is 0. The summed E-state index contributed by atoms with van der Waals surface area (Å²) in [5, 5.41) is 8.85. The highest BCUT2D eigenvalue weighted by Crippen LogP contribution is 2.39. The number of hydrogen-bond acceptors (Lipinski definition) is 3. The van der Waals surface area contributed by atoms with E-state index in [1.807, 2.05) is 18.2 Å². The third-order valence-electron chi connectivity index (χ3n) is 4.63. The summed E-state index contributed by atoms with van der Waals surface area (Å²) in [6.45, 7) is 2.39. The van der Waals surface area contributed by atoms with Crippen molar-refractivity contribution in [1.29, 1.82) is 0 Å². The number of allylic oxidation sites excluding steroid dienone is 1. The van der Waals surface area contributed by atoms with Crippen molar-refractivity contribution in [3.8, 4) is 11.3 Å². The molecule has 0 spiro atoms. The second-order valence-corrected chi connectivity index (χ2v) is 6.21. The average Bonchev–Trinajstić information content (AvgIpc) is 3.06. The number of nitrogens with zero attached hydrogens (tertiary/aromatic N) is 3. The minimum atomic E-state index is 0.709. The van der Waals surface area contributed by atoms with Crippen molar-refractivity contribution in [2.45, 2.75) is 6.42 Å². The van der Waals surface area contributed by atoms with E-state index in [0.29, 0.717) is 5.92 Å². The summed E-state index contributed by atoms with van der Waals surface area (Å²) in [6, 6.07) is 14.4. The van der Waals surface area contributed by atoms with E-state index in [-0.39, 0.29) is 0 Å². The van der Waals surface area contributed by atoms with Crippen LogP contribution < -0.4 is 0 Å². The Labute approximate surface area is 125 Å². The van der Waals surface area contributed by atoms with Gasteiger partial charge in [0, 0.05) is 18.7 Å². The van der Waals surface area contributed by atoms with E-state index >= 15 is 0 Å². The molecule has 2 atom stereocenters. The Balaban J connectivity index is 1.57. The molecule has 3 heteroatoms. The van der Waals surface area contributed by atoms with Gasteiger partial charge < -0.3 is 4.90 Å². The molecule has 1 saturated heterocycles. The fourth-order valence-electron chi connectivity index (χ4n) is 3.59. The van der Waals surface area contributed by atoms with Gasteiger partial charge in [0.2, 0.25) is 0 Å². The summed E-state index contributed by atoms with van der Waals surface area (Å²) in [5.74, 6) is 1.49. The second kappa shape index (κ2) is 5.08. The van der Waals surface area contributed by atoms with E-state index in [2.05, 4.69) is 52.5 Å². The molecule has 0 bridgehead atoms. The van der Waals surface area contributed by atoms with Crippen molar-refractivity contribution >= 4 is 5.57 Å². The van der Waals surface area contributed by atoms with Gasteiger partial charge >= 0.3 is 0 Å². The fourth-order valence-corrected chi connectivity index (χ4v) is 3.59. The van der Waals surface area contributed by atoms with Gasteiger partial charge in [-0.15, -0.1) is 5.10 Å². The van der Waals surface area contributed by atoms with E-state index in [4.69, 9.17) is 0 Å². The van der Waals surface area contributed by atoms with Crippen LogP contribution in [0.15, 0.2) is 48.5 Å². The van der Waals surface area contributed by atoms with E-state index < -0.39 is 0 Å². The number of aromatic nitrogens is 2. The zero-order valence-corrected chi connectivity index (χ0v) is 12.2. The van der Waals surface area contributed by atoms with Crippen molar-refractivity contribution in [2.24, 2.45) is 11.8 Å². The fraction of sp³-hybridized carbons (Fsp3) is 0.333. The Bertz CT molecular complexity index is 661. The van der Waals surface area contributed by atoms with Gasteiger partial charge in [0.25, 0.3) is 0 Å². The van der Waals surface area contributed by atoms with Gasteiger partial charge in [-0.3, -0.25) is 0 Å². The predicted octanol–water partition coefficient (Wildman–Crippen LogP) is 3.11. The maximum absolute atomic E-state index is 4.45. The van der Waals surface area contributed by atoms with Crippen molar-refractivity contribution < 1.29 is 0 Å². The minimum absolute atomic E-state index is 0.709. The molecule has 1 aromatic carbocycles. The average molecular weight is 277 g/mol. The molecule has 106 valence electrons. The monoisotopic (exact) mass is 277 g/mol. The molecule has 3 nitrogen and oxygen atoms in total. The van der Waals surface area contributed by atoms with Crippen LogP contribution in [0.2, 0.25) is 0 Å². The van der Waals surface area contributed by atoms with E-state index in [1.54, 1.807) is 0 Å². The smallest absolute Gasteiger partial charge is 0.0930 e. The van der Waals surface area contributed by atoms with Crippen LogP contribution in [0.5, 0.6) is 0 Å². The summed E-state index contributed by atoms with van der Waals surface area (Å²) in [6.07, 6.45) is 3.56. The maximum atomic E-state index is 4.45. The molecule has 0 N–H and O–H groups in total. The number of rotatable bonds is 2. The molecule has 0 amide bonds. The van der Waals surface area contributed by atoms with Gasteiger partial charge in [0.15, 0.2) is 0 Å². The Morgan fingerprint density at radius 3 is 2.43 bits per heavy atom. The lowest BCUT2D eigenvalue weighted by Crippen LogP contribution is -2.14. The number of fused-ring (bicyclic) bond motifs is 1. The van der Waals surface area contributed by atoms with Crippen LogP contribution in [0.4, 0.5) is 0 Å². The standard InChI is InChI=1S/C18H19N3/c1-21-11-15-9-14(10-16(15)12-21)18-8-7-17(19-20-18)13-5-3-2-4-6-13/h2-9,15-16H,10-12H2,1H3/t15-,16+/m1/s1. The lowest BCUT2D eigenvalue weighted by Gasteiger charge is -2.09. The summed E-state index contributed by atoms with van der Waals surface area (Å²) in [5.41, 5.74) is 4.49. The number of benzene rings is 1. The normalized spacial score (nSPS) is 24.9. The zero-order chi connectivity index (χ0) is 14.2. The van der Waals surface area contributed by atoms with Gasteiger partial charge in [-0.1, -0.05) is 36.4 Å². The molecule has 1 fully saturated rings. The molecule has 1 aromatic heterocycles. The largest absolute Gasteiger partial charge is 0.305 e. The first-order chi connectivity index (χ1) is 10.3. The van der Waals surface area contributed by atoms with Crippen LogP contribution in [-0.4, -0.2) is 35.2 Å². The highest BCUT2D eigenvalue weighted by atomic mass is 15.1. The highest BCUT2D eigenvalue weighted by molar-refractivity contribution is 5.67. The number of likely N-dealkylation sites (tertiary alicyclic amines) is 1. The summed E-state index contributed by atoms with van der Waals surface area (Å²) in [4.78, 5) is 2.42. The topological polar surface area (TPSA) is 29.0 Å².